The number of nitriles is 2. The van der Waals surface area contributed by atoms with Crippen molar-refractivity contribution in [2.45, 2.75) is 6.04 Å². The average molecular weight is 510 g/mol. The number of nitrogens with zero attached hydrogens (tertiary/aromatic N) is 2. The van der Waals surface area contributed by atoms with Gasteiger partial charge in [0.25, 0.3) is 11.8 Å². The van der Waals surface area contributed by atoms with Crippen LogP contribution in [0.1, 0.15) is 21.5 Å². The molecule has 10 heteroatoms. The van der Waals surface area contributed by atoms with Gasteiger partial charge in [-0.05, 0) is 59.0 Å². The first-order valence-electron chi connectivity index (χ1n) is 7.77. The highest BCUT2D eigenvalue weighted by atomic mass is 127. The highest BCUT2D eigenvalue weighted by Gasteiger charge is 2.20. The van der Waals surface area contributed by atoms with E-state index in [4.69, 9.17) is 22.1 Å². The number of halogens is 2. The molecule has 0 aliphatic heterocycles. The molecule has 28 heavy (non-hydrogen) atoms. The monoisotopic (exact) mass is 509 g/mol. The smallest absolute Gasteiger partial charge is 0.269 e. The molecular formula is C18H13ClIN5O3. The normalized spacial score (nSPS) is 10.9. The van der Waals surface area contributed by atoms with E-state index in [1.165, 1.54) is 30.3 Å². The largest absolute Gasteiger partial charge is 0.394 e. The van der Waals surface area contributed by atoms with E-state index < -0.39 is 24.5 Å². The van der Waals surface area contributed by atoms with Crippen molar-refractivity contribution < 1.29 is 14.7 Å². The molecule has 1 atom stereocenters. The van der Waals surface area contributed by atoms with Gasteiger partial charge in [-0.1, -0.05) is 11.6 Å². The molecule has 0 unspecified atom stereocenters. The maximum Gasteiger partial charge on any atom is 0.269 e. The summed E-state index contributed by atoms with van der Waals surface area (Å²) in [6, 6.07) is 11.7. The van der Waals surface area contributed by atoms with Crippen molar-refractivity contribution in [3.8, 4) is 12.1 Å². The standard InChI is InChI=1S/C18H13ClIN5O3/c19-15-12(8-22)5-6-13(16(15)20)23-14(9-26)18(28)25-24-17(27)11-3-1-10(7-21)2-4-11/h1-6,14,23,26H,9H2,(H,24,27)(H,25,28)/t14-/m1/s1. The number of rotatable bonds is 5. The van der Waals surface area contributed by atoms with Gasteiger partial charge in [0.2, 0.25) is 0 Å². The summed E-state index contributed by atoms with van der Waals surface area (Å²) in [7, 11) is 0. The summed E-state index contributed by atoms with van der Waals surface area (Å²) in [6.45, 7) is -0.549. The van der Waals surface area contributed by atoms with Crippen LogP contribution in [0, 0.1) is 26.2 Å². The Labute approximate surface area is 179 Å². The molecule has 142 valence electrons. The van der Waals surface area contributed by atoms with Crippen LogP contribution >= 0.6 is 34.2 Å². The van der Waals surface area contributed by atoms with Crippen LogP contribution in [-0.4, -0.2) is 29.6 Å². The summed E-state index contributed by atoms with van der Waals surface area (Å²) in [5.41, 5.74) is 5.86. The molecule has 0 radical (unpaired) electrons. The Morgan fingerprint density at radius 2 is 1.79 bits per heavy atom. The fourth-order valence-electron chi connectivity index (χ4n) is 2.10. The van der Waals surface area contributed by atoms with E-state index in [2.05, 4.69) is 16.2 Å². The van der Waals surface area contributed by atoms with Crippen LogP contribution in [0.5, 0.6) is 0 Å². The van der Waals surface area contributed by atoms with Crippen molar-refractivity contribution >= 4 is 51.7 Å². The van der Waals surface area contributed by atoms with Gasteiger partial charge in [-0.3, -0.25) is 20.4 Å². The summed E-state index contributed by atoms with van der Waals surface area (Å²) in [5.74, 6) is -1.26. The summed E-state index contributed by atoms with van der Waals surface area (Å²) in [5, 5.41) is 30.3. The van der Waals surface area contributed by atoms with Gasteiger partial charge >= 0.3 is 0 Å². The van der Waals surface area contributed by atoms with Crippen molar-refractivity contribution in [3.63, 3.8) is 0 Å². The molecular weight excluding hydrogens is 497 g/mol. The van der Waals surface area contributed by atoms with E-state index in [0.717, 1.165) is 0 Å². The van der Waals surface area contributed by atoms with E-state index in [9.17, 15) is 14.7 Å². The first-order valence-corrected chi connectivity index (χ1v) is 9.22. The van der Waals surface area contributed by atoms with E-state index >= 15 is 0 Å². The number of aliphatic hydroxyl groups excluding tert-OH is 1. The molecule has 0 saturated carbocycles. The lowest BCUT2D eigenvalue weighted by molar-refractivity contribution is -0.123. The maximum absolute atomic E-state index is 12.3. The van der Waals surface area contributed by atoms with E-state index in [0.29, 0.717) is 14.8 Å². The fraction of sp³-hybridized carbons (Fsp3) is 0.111. The lowest BCUT2D eigenvalue weighted by atomic mass is 10.1. The van der Waals surface area contributed by atoms with Gasteiger partial charge in [0.1, 0.15) is 12.1 Å². The van der Waals surface area contributed by atoms with E-state index in [1.54, 1.807) is 6.07 Å². The van der Waals surface area contributed by atoms with Gasteiger partial charge in [-0.2, -0.15) is 10.5 Å². The third-order valence-corrected chi connectivity index (χ3v) is 5.44. The molecule has 2 amide bonds. The lowest BCUT2D eigenvalue weighted by Crippen LogP contribution is -2.50. The van der Waals surface area contributed by atoms with E-state index in [-0.39, 0.29) is 16.1 Å². The van der Waals surface area contributed by atoms with Crippen LogP contribution in [0.4, 0.5) is 5.69 Å². The zero-order chi connectivity index (χ0) is 20.7. The number of amides is 2. The molecule has 0 fully saturated rings. The first kappa shape index (κ1) is 21.4. The number of hydrazine groups is 1. The minimum absolute atomic E-state index is 0.235. The summed E-state index contributed by atoms with van der Waals surface area (Å²) < 4.78 is 0.520. The van der Waals surface area contributed by atoms with E-state index in [1.807, 2.05) is 34.7 Å². The van der Waals surface area contributed by atoms with Crippen molar-refractivity contribution in [3.05, 3.63) is 61.7 Å². The van der Waals surface area contributed by atoms with Crippen molar-refractivity contribution in [2.24, 2.45) is 0 Å². The summed E-state index contributed by atoms with van der Waals surface area (Å²) in [4.78, 5) is 24.3. The number of carbonyl (C=O) groups excluding carboxylic acids is 2. The van der Waals surface area contributed by atoms with Crippen LogP contribution in [0.2, 0.25) is 5.02 Å². The minimum Gasteiger partial charge on any atom is -0.394 e. The molecule has 8 nitrogen and oxygen atoms in total. The Morgan fingerprint density at radius 3 is 2.36 bits per heavy atom. The van der Waals surface area contributed by atoms with Crippen LogP contribution < -0.4 is 16.2 Å². The molecule has 0 heterocycles. The SMILES string of the molecule is N#Cc1ccc(C(=O)NNC(=O)[C@@H](CO)Nc2ccc(C#N)c(Cl)c2I)cc1. The predicted molar refractivity (Wildman–Crippen MR) is 110 cm³/mol. The molecule has 0 bridgehead atoms. The van der Waals surface area contributed by atoms with Gasteiger partial charge in [-0.25, -0.2) is 0 Å². The molecule has 2 rings (SSSR count). The molecule has 0 aliphatic carbocycles. The number of benzene rings is 2. The van der Waals surface area contributed by atoms with Gasteiger partial charge in [0.15, 0.2) is 0 Å². The van der Waals surface area contributed by atoms with Crippen molar-refractivity contribution in [2.75, 3.05) is 11.9 Å². The fourth-order valence-corrected chi connectivity index (χ4v) is 2.94. The Kier molecular flexibility index (Phi) is 7.58. The van der Waals surface area contributed by atoms with Crippen LogP contribution in [-0.2, 0) is 4.79 Å². The number of anilines is 1. The zero-order valence-electron chi connectivity index (χ0n) is 14.2. The summed E-state index contributed by atoms with van der Waals surface area (Å²) >= 11 is 8.01. The number of aliphatic hydroxyl groups is 1. The highest BCUT2D eigenvalue weighted by molar-refractivity contribution is 14.1. The van der Waals surface area contributed by atoms with Crippen LogP contribution in [0.15, 0.2) is 36.4 Å². The Morgan fingerprint density at radius 1 is 1.11 bits per heavy atom. The van der Waals surface area contributed by atoms with Crippen LogP contribution in [0.25, 0.3) is 0 Å². The van der Waals surface area contributed by atoms with Crippen LogP contribution in [0.3, 0.4) is 0 Å². The van der Waals surface area contributed by atoms with Gasteiger partial charge < -0.3 is 10.4 Å². The third-order valence-electron chi connectivity index (χ3n) is 3.61. The molecule has 4 N–H and O–H groups in total. The first-order chi connectivity index (χ1) is 13.4. The Bertz CT molecular complexity index is 982. The van der Waals surface area contributed by atoms with Gasteiger partial charge in [0, 0.05) is 11.3 Å². The highest BCUT2D eigenvalue weighted by Crippen LogP contribution is 2.29. The number of hydrogen-bond acceptors (Lipinski definition) is 6. The average Bonchev–Trinajstić information content (AvgIpc) is 2.73. The second-order valence-electron chi connectivity index (χ2n) is 5.41. The third kappa shape index (κ3) is 5.10. The minimum atomic E-state index is -1.07. The zero-order valence-corrected chi connectivity index (χ0v) is 17.1. The molecule has 0 aliphatic rings. The summed E-state index contributed by atoms with van der Waals surface area (Å²) in [6.07, 6.45) is 0. The Hall–Kier alpha value is -2.86. The lowest BCUT2D eigenvalue weighted by Gasteiger charge is -2.19. The number of hydrogen-bond donors (Lipinski definition) is 4. The second-order valence-corrected chi connectivity index (χ2v) is 6.87. The Balaban J connectivity index is 2.02. The number of carbonyl (C=O) groups is 2. The molecule has 2 aromatic carbocycles. The quantitative estimate of drug-likeness (QED) is 0.359. The van der Waals surface area contributed by atoms with Crippen molar-refractivity contribution in [1.82, 2.24) is 10.9 Å². The van der Waals surface area contributed by atoms with Gasteiger partial charge in [0.05, 0.1) is 32.4 Å². The van der Waals surface area contributed by atoms with Crippen molar-refractivity contribution in [1.29, 1.82) is 10.5 Å². The predicted octanol–water partition coefficient (Wildman–Crippen LogP) is 1.92. The second kappa shape index (κ2) is 9.90. The maximum atomic E-state index is 12.3. The molecule has 2 aromatic rings. The molecule has 0 saturated heterocycles. The topological polar surface area (TPSA) is 138 Å². The number of nitrogens with one attached hydrogen (secondary N) is 3. The molecule has 0 aromatic heterocycles. The van der Waals surface area contributed by atoms with Gasteiger partial charge in [-0.15, -0.1) is 0 Å². The molecule has 0 spiro atoms.